The SMILES string of the molecule is CC(=O)Nc1cc(NN)c(F)cc1F. The number of halogens is 2. The van der Waals surface area contributed by atoms with Crippen molar-refractivity contribution in [1.82, 2.24) is 0 Å². The van der Waals surface area contributed by atoms with Gasteiger partial charge in [0, 0.05) is 13.0 Å². The van der Waals surface area contributed by atoms with E-state index in [9.17, 15) is 13.6 Å². The normalized spacial score (nSPS) is 9.71. The van der Waals surface area contributed by atoms with E-state index < -0.39 is 17.5 Å². The van der Waals surface area contributed by atoms with Gasteiger partial charge < -0.3 is 10.7 Å². The number of anilines is 2. The molecule has 0 spiro atoms. The molecule has 0 aliphatic rings. The van der Waals surface area contributed by atoms with E-state index in [1.165, 1.54) is 6.92 Å². The number of benzene rings is 1. The Morgan fingerprint density at radius 2 is 1.86 bits per heavy atom. The maximum Gasteiger partial charge on any atom is 0.221 e. The Balaban J connectivity index is 3.10. The molecule has 0 bridgehead atoms. The molecule has 1 amide bonds. The minimum Gasteiger partial charge on any atom is -0.324 e. The quantitative estimate of drug-likeness (QED) is 0.497. The van der Waals surface area contributed by atoms with Crippen LogP contribution in [0.25, 0.3) is 0 Å². The summed E-state index contributed by atoms with van der Waals surface area (Å²) in [5, 5.41) is 2.20. The lowest BCUT2D eigenvalue weighted by Gasteiger charge is -2.07. The van der Waals surface area contributed by atoms with Crippen LogP contribution in [0, 0.1) is 11.6 Å². The molecule has 14 heavy (non-hydrogen) atoms. The van der Waals surface area contributed by atoms with Crippen LogP contribution >= 0.6 is 0 Å². The molecule has 1 aromatic carbocycles. The van der Waals surface area contributed by atoms with Crippen LogP contribution in [0.15, 0.2) is 12.1 Å². The second-order valence-corrected chi connectivity index (χ2v) is 2.64. The summed E-state index contributed by atoms with van der Waals surface area (Å²) in [6, 6.07) is 1.71. The predicted molar refractivity (Wildman–Crippen MR) is 48.5 cm³/mol. The molecule has 4 N–H and O–H groups in total. The first-order chi connectivity index (χ1) is 6.54. The summed E-state index contributed by atoms with van der Waals surface area (Å²) in [6.07, 6.45) is 0. The van der Waals surface area contributed by atoms with E-state index in [1.54, 1.807) is 0 Å². The van der Waals surface area contributed by atoms with Crippen molar-refractivity contribution in [3.63, 3.8) is 0 Å². The van der Waals surface area contributed by atoms with Crippen LogP contribution in [-0.2, 0) is 4.79 Å². The van der Waals surface area contributed by atoms with E-state index in [2.05, 4.69) is 5.32 Å². The van der Waals surface area contributed by atoms with Crippen molar-refractivity contribution in [2.45, 2.75) is 6.92 Å². The Hall–Kier alpha value is -1.69. The van der Waals surface area contributed by atoms with Crippen molar-refractivity contribution >= 4 is 17.3 Å². The first-order valence-corrected chi connectivity index (χ1v) is 3.78. The largest absolute Gasteiger partial charge is 0.324 e. The standard InChI is InChI=1S/C8H9F2N3O/c1-4(14)12-7-3-8(13-11)6(10)2-5(7)9/h2-3,13H,11H2,1H3,(H,12,14). The van der Waals surface area contributed by atoms with Gasteiger partial charge in [0.15, 0.2) is 5.82 Å². The number of nitrogens with one attached hydrogen (secondary N) is 2. The summed E-state index contributed by atoms with van der Waals surface area (Å²) in [5.74, 6) is 2.86. The molecule has 0 aromatic heterocycles. The van der Waals surface area contributed by atoms with Gasteiger partial charge in [0.1, 0.15) is 5.82 Å². The highest BCUT2D eigenvalue weighted by Gasteiger charge is 2.09. The molecule has 0 aliphatic heterocycles. The lowest BCUT2D eigenvalue weighted by atomic mass is 10.2. The molecular weight excluding hydrogens is 192 g/mol. The molecular formula is C8H9F2N3O. The molecule has 0 saturated heterocycles. The molecule has 0 saturated carbocycles. The van der Waals surface area contributed by atoms with Crippen LogP contribution in [0.1, 0.15) is 6.92 Å². The van der Waals surface area contributed by atoms with Gasteiger partial charge in [-0.25, -0.2) is 8.78 Å². The molecule has 0 aliphatic carbocycles. The highest BCUT2D eigenvalue weighted by molar-refractivity contribution is 5.89. The average Bonchev–Trinajstić information content (AvgIpc) is 2.09. The lowest BCUT2D eigenvalue weighted by Crippen LogP contribution is -2.12. The van der Waals surface area contributed by atoms with Gasteiger partial charge in [-0.1, -0.05) is 0 Å². The van der Waals surface area contributed by atoms with Crippen LogP contribution in [0.3, 0.4) is 0 Å². The third kappa shape index (κ3) is 2.17. The van der Waals surface area contributed by atoms with Gasteiger partial charge in [0.2, 0.25) is 5.91 Å². The van der Waals surface area contributed by atoms with Gasteiger partial charge in [-0.05, 0) is 6.07 Å². The summed E-state index contributed by atoms with van der Waals surface area (Å²) in [4.78, 5) is 10.6. The van der Waals surface area contributed by atoms with Crippen molar-refractivity contribution in [3.8, 4) is 0 Å². The van der Waals surface area contributed by atoms with Crippen molar-refractivity contribution in [1.29, 1.82) is 0 Å². The second kappa shape index (κ2) is 4.01. The van der Waals surface area contributed by atoms with Gasteiger partial charge in [-0.15, -0.1) is 0 Å². The first-order valence-electron chi connectivity index (χ1n) is 3.78. The lowest BCUT2D eigenvalue weighted by molar-refractivity contribution is -0.114. The molecule has 4 nitrogen and oxygen atoms in total. The third-order valence-electron chi connectivity index (χ3n) is 1.52. The van der Waals surface area contributed by atoms with E-state index >= 15 is 0 Å². The molecule has 76 valence electrons. The van der Waals surface area contributed by atoms with Gasteiger partial charge >= 0.3 is 0 Å². The summed E-state index contributed by atoms with van der Waals surface area (Å²) >= 11 is 0. The minimum absolute atomic E-state index is 0.0878. The summed E-state index contributed by atoms with van der Waals surface area (Å²) < 4.78 is 25.9. The molecule has 0 atom stereocenters. The monoisotopic (exact) mass is 201 g/mol. The summed E-state index contributed by atoms with van der Waals surface area (Å²) in [7, 11) is 0. The van der Waals surface area contributed by atoms with Crippen LogP contribution < -0.4 is 16.6 Å². The van der Waals surface area contributed by atoms with E-state index in [4.69, 9.17) is 5.84 Å². The number of hydrogen-bond donors (Lipinski definition) is 3. The maximum atomic E-state index is 13.0. The zero-order chi connectivity index (χ0) is 10.7. The molecule has 6 heteroatoms. The van der Waals surface area contributed by atoms with Crippen molar-refractivity contribution in [2.75, 3.05) is 10.7 Å². The molecule has 1 aromatic rings. The Morgan fingerprint density at radius 3 is 2.36 bits per heavy atom. The number of rotatable bonds is 2. The zero-order valence-corrected chi connectivity index (χ0v) is 7.40. The Labute approximate surface area is 79.1 Å². The highest BCUT2D eigenvalue weighted by atomic mass is 19.1. The minimum atomic E-state index is -0.850. The van der Waals surface area contributed by atoms with Crippen LogP contribution in [0.2, 0.25) is 0 Å². The molecule has 1 rings (SSSR count). The Morgan fingerprint density at radius 1 is 1.29 bits per heavy atom. The maximum absolute atomic E-state index is 13.0. The predicted octanol–water partition coefficient (Wildman–Crippen LogP) is 1.21. The Bertz CT molecular complexity index is 368. The number of nitrogens with two attached hydrogens (primary N) is 1. The molecule has 0 radical (unpaired) electrons. The highest BCUT2D eigenvalue weighted by Crippen LogP contribution is 2.22. The first kappa shape index (κ1) is 10.4. The van der Waals surface area contributed by atoms with Gasteiger partial charge in [0.05, 0.1) is 11.4 Å². The zero-order valence-electron chi connectivity index (χ0n) is 7.40. The van der Waals surface area contributed by atoms with Gasteiger partial charge in [-0.2, -0.15) is 0 Å². The Kier molecular flexibility index (Phi) is 2.98. The third-order valence-corrected chi connectivity index (χ3v) is 1.52. The van der Waals surface area contributed by atoms with Gasteiger partial charge in [0.25, 0.3) is 0 Å². The summed E-state index contributed by atoms with van der Waals surface area (Å²) in [6.45, 7) is 1.22. The van der Waals surface area contributed by atoms with Crippen molar-refractivity contribution < 1.29 is 13.6 Å². The van der Waals surface area contributed by atoms with Crippen molar-refractivity contribution in [2.24, 2.45) is 5.84 Å². The van der Waals surface area contributed by atoms with Crippen LogP contribution in [-0.4, -0.2) is 5.91 Å². The number of hydrogen-bond acceptors (Lipinski definition) is 3. The fourth-order valence-electron chi connectivity index (χ4n) is 0.945. The van der Waals surface area contributed by atoms with Gasteiger partial charge in [-0.3, -0.25) is 10.6 Å². The van der Waals surface area contributed by atoms with Crippen LogP contribution in [0.5, 0.6) is 0 Å². The second-order valence-electron chi connectivity index (χ2n) is 2.64. The van der Waals surface area contributed by atoms with E-state index in [0.29, 0.717) is 6.07 Å². The summed E-state index contributed by atoms with van der Waals surface area (Å²) in [5.41, 5.74) is 1.84. The van der Waals surface area contributed by atoms with Crippen LogP contribution in [0.4, 0.5) is 20.2 Å². The number of hydrazine groups is 1. The van der Waals surface area contributed by atoms with E-state index in [0.717, 1.165) is 6.07 Å². The number of amides is 1. The smallest absolute Gasteiger partial charge is 0.221 e. The fraction of sp³-hybridized carbons (Fsp3) is 0.125. The average molecular weight is 201 g/mol. The number of carbonyl (C=O) groups is 1. The molecule has 0 fully saturated rings. The number of carbonyl (C=O) groups excluding carboxylic acids is 1. The fourth-order valence-corrected chi connectivity index (χ4v) is 0.945. The van der Waals surface area contributed by atoms with E-state index in [-0.39, 0.29) is 11.4 Å². The molecule has 0 unspecified atom stereocenters. The number of nitrogen functional groups attached to an aromatic ring is 1. The molecule has 0 heterocycles. The topological polar surface area (TPSA) is 67.2 Å². The van der Waals surface area contributed by atoms with Crippen molar-refractivity contribution in [3.05, 3.63) is 23.8 Å². The van der Waals surface area contributed by atoms with E-state index in [1.807, 2.05) is 5.43 Å².